The summed E-state index contributed by atoms with van der Waals surface area (Å²) in [5, 5.41) is 11.7. The Morgan fingerprint density at radius 1 is 1.29 bits per heavy atom. The van der Waals surface area contributed by atoms with Gasteiger partial charge in [-0.25, -0.2) is 4.79 Å². The molecule has 1 amide bonds. The predicted octanol–water partition coefficient (Wildman–Crippen LogP) is 3.26. The van der Waals surface area contributed by atoms with Gasteiger partial charge < -0.3 is 10.4 Å². The molecule has 114 valence electrons. The topological polar surface area (TPSA) is 66.4 Å². The molecular formula is C17H23NO3. The van der Waals surface area contributed by atoms with Crippen molar-refractivity contribution in [3.05, 3.63) is 41.0 Å². The fraction of sp³-hybridized carbons (Fsp3) is 0.412. The molecule has 0 saturated heterocycles. The number of nitrogens with one attached hydrogen (secondary N) is 1. The molecule has 0 heterocycles. The minimum atomic E-state index is -1.01. The highest BCUT2D eigenvalue weighted by Crippen LogP contribution is 2.19. The number of hydrogen-bond donors (Lipinski definition) is 2. The third-order valence-electron chi connectivity index (χ3n) is 3.59. The van der Waals surface area contributed by atoms with Gasteiger partial charge in [-0.2, -0.15) is 0 Å². The van der Waals surface area contributed by atoms with E-state index in [1.54, 1.807) is 12.1 Å². The fourth-order valence-electron chi connectivity index (χ4n) is 1.62. The summed E-state index contributed by atoms with van der Waals surface area (Å²) in [4.78, 5) is 22.8. The van der Waals surface area contributed by atoms with Crippen molar-refractivity contribution < 1.29 is 14.7 Å². The van der Waals surface area contributed by atoms with Gasteiger partial charge in [0.15, 0.2) is 0 Å². The van der Waals surface area contributed by atoms with Crippen molar-refractivity contribution in [2.24, 2.45) is 5.41 Å². The normalized spacial score (nSPS) is 13.2. The highest BCUT2D eigenvalue weighted by Gasteiger charge is 2.22. The van der Waals surface area contributed by atoms with Crippen LogP contribution in [0.2, 0.25) is 0 Å². The van der Waals surface area contributed by atoms with Gasteiger partial charge in [0.25, 0.3) is 5.91 Å². The average Bonchev–Trinajstić information content (AvgIpc) is 2.36. The van der Waals surface area contributed by atoms with E-state index in [9.17, 15) is 9.59 Å². The molecular weight excluding hydrogens is 266 g/mol. The lowest BCUT2D eigenvalue weighted by Gasteiger charge is -2.28. The molecule has 0 aromatic heterocycles. The lowest BCUT2D eigenvalue weighted by atomic mass is 9.88. The van der Waals surface area contributed by atoms with Crippen LogP contribution in [0.15, 0.2) is 24.3 Å². The van der Waals surface area contributed by atoms with E-state index in [0.717, 1.165) is 17.2 Å². The standard InChI is InChI=1S/C17H23NO3/c1-11-6-7-14(10-13(11)8-9-15(19)20)16(21)18-12(2)17(3,4)5/h6-10,12H,1-5H3,(H,18,21)(H,19,20)/b9-8+. The SMILES string of the molecule is Cc1ccc(C(=O)NC(C)C(C)(C)C)cc1/C=C/C(=O)O. The number of carbonyl (C=O) groups excluding carboxylic acids is 1. The third kappa shape index (κ3) is 5.06. The Bertz CT molecular complexity index is 568. The maximum Gasteiger partial charge on any atom is 0.328 e. The summed E-state index contributed by atoms with van der Waals surface area (Å²) in [7, 11) is 0. The number of aliphatic carboxylic acids is 1. The molecule has 0 bridgehead atoms. The second-order valence-electron chi connectivity index (χ2n) is 6.30. The summed E-state index contributed by atoms with van der Waals surface area (Å²) < 4.78 is 0. The molecule has 1 unspecified atom stereocenters. The Labute approximate surface area is 125 Å². The Balaban J connectivity index is 2.96. The molecule has 4 nitrogen and oxygen atoms in total. The van der Waals surface area contributed by atoms with E-state index < -0.39 is 5.97 Å². The zero-order chi connectivity index (χ0) is 16.2. The Morgan fingerprint density at radius 3 is 2.43 bits per heavy atom. The first-order valence-corrected chi connectivity index (χ1v) is 6.94. The van der Waals surface area contributed by atoms with Gasteiger partial charge in [-0.1, -0.05) is 26.8 Å². The Kier molecular flexibility index (Phi) is 5.30. The molecule has 1 rings (SSSR count). The summed E-state index contributed by atoms with van der Waals surface area (Å²) in [6.07, 6.45) is 2.57. The van der Waals surface area contributed by atoms with Crippen molar-refractivity contribution in [3.63, 3.8) is 0 Å². The molecule has 0 aliphatic heterocycles. The maximum absolute atomic E-state index is 12.3. The van der Waals surface area contributed by atoms with Crippen molar-refractivity contribution in [2.75, 3.05) is 0 Å². The number of carboxylic acid groups (broad SMARTS) is 1. The van der Waals surface area contributed by atoms with E-state index in [0.29, 0.717) is 5.56 Å². The molecule has 2 N–H and O–H groups in total. The highest BCUT2D eigenvalue weighted by molar-refractivity contribution is 5.95. The summed E-state index contributed by atoms with van der Waals surface area (Å²) in [5.41, 5.74) is 2.16. The number of amides is 1. The lowest BCUT2D eigenvalue weighted by molar-refractivity contribution is -0.131. The van der Waals surface area contributed by atoms with Crippen molar-refractivity contribution in [1.82, 2.24) is 5.32 Å². The Hall–Kier alpha value is -2.10. The van der Waals surface area contributed by atoms with Crippen molar-refractivity contribution in [3.8, 4) is 0 Å². The van der Waals surface area contributed by atoms with Crippen LogP contribution < -0.4 is 5.32 Å². The quantitative estimate of drug-likeness (QED) is 0.836. The summed E-state index contributed by atoms with van der Waals surface area (Å²) >= 11 is 0. The predicted molar refractivity (Wildman–Crippen MR) is 84.2 cm³/mol. The molecule has 0 radical (unpaired) electrons. The number of hydrogen-bond acceptors (Lipinski definition) is 2. The van der Waals surface area contributed by atoms with E-state index in [1.807, 2.05) is 19.9 Å². The zero-order valence-corrected chi connectivity index (χ0v) is 13.2. The summed E-state index contributed by atoms with van der Waals surface area (Å²) in [6, 6.07) is 5.31. The lowest BCUT2D eigenvalue weighted by Crippen LogP contribution is -2.41. The van der Waals surface area contributed by atoms with Gasteiger partial charge in [0.1, 0.15) is 0 Å². The number of benzene rings is 1. The second kappa shape index (κ2) is 6.57. The van der Waals surface area contributed by atoms with E-state index in [1.165, 1.54) is 6.08 Å². The van der Waals surface area contributed by atoms with Crippen molar-refractivity contribution in [2.45, 2.75) is 40.7 Å². The number of carboxylic acids is 1. The maximum atomic E-state index is 12.3. The first-order valence-electron chi connectivity index (χ1n) is 6.94. The van der Waals surface area contributed by atoms with Gasteiger partial charge in [0, 0.05) is 17.7 Å². The largest absolute Gasteiger partial charge is 0.478 e. The molecule has 0 spiro atoms. The number of carbonyl (C=O) groups is 2. The van der Waals surface area contributed by atoms with E-state index in [4.69, 9.17) is 5.11 Å². The average molecular weight is 289 g/mol. The van der Waals surface area contributed by atoms with E-state index in [-0.39, 0.29) is 17.4 Å². The molecule has 0 aliphatic rings. The molecule has 0 saturated carbocycles. The molecule has 1 aromatic rings. The Morgan fingerprint density at radius 2 is 1.90 bits per heavy atom. The molecule has 1 atom stereocenters. The smallest absolute Gasteiger partial charge is 0.328 e. The number of aryl methyl sites for hydroxylation is 1. The molecule has 4 heteroatoms. The van der Waals surface area contributed by atoms with Gasteiger partial charge >= 0.3 is 5.97 Å². The minimum absolute atomic E-state index is 0.0214. The van der Waals surface area contributed by atoms with Gasteiger partial charge in [-0.3, -0.25) is 4.79 Å². The first kappa shape index (κ1) is 17.0. The number of rotatable bonds is 4. The van der Waals surface area contributed by atoms with Gasteiger partial charge in [-0.15, -0.1) is 0 Å². The van der Waals surface area contributed by atoms with E-state index in [2.05, 4.69) is 26.1 Å². The monoisotopic (exact) mass is 289 g/mol. The van der Waals surface area contributed by atoms with Crippen molar-refractivity contribution >= 4 is 18.0 Å². The van der Waals surface area contributed by atoms with Gasteiger partial charge in [0.05, 0.1) is 0 Å². The molecule has 21 heavy (non-hydrogen) atoms. The van der Waals surface area contributed by atoms with Crippen LogP contribution in [0.25, 0.3) is 6.08 Å². The molecule has 1 aromatic carbocycles. The van der Waals surface area contributed by atoms with Crippen LogP contribution in [0.5, 0.6) is 0 Å². The highest BCUT2D eigenvalue weighted by atomic mass is 16.4. The molecule has 0 aliphatic carbocycles. The van der Waals surface area contributed by atoms with Gasteiger partial charge in [0.2, 0.25) is 0 Å². The molecule has 0 fully saturated rings. The van der Waals surface area contributed by atoms with Crippen LogP contribution in [0, 0.1) is 12.3 Å². The van der Waals surface area contributed by atoms with Crippen molar-refractivity contribution in [1.29, 1.82) is 0 Å². The summed E-state index contributed by atoms with van der Waals surface area (Å²) in [6.45, 7) is 10.0. The van der Waals surface area contributed by atoms with Gasteiger partial charge in [-0.05, 0) is 48.6 Å². The van der Waals surface area contributed by atoms with Crippen LogP contribution in [0.4, 0.5) is 0 Å². The van der Waals surface area contributed by atoms with Crippen LogP contribution in [0.1, 0.15) is 49.2 Å². The fourth-order valence-corrected chi connectivity index (χ4v) is 1.62. The van der Waals surface area contributed by atoms with Crippen LogP contribution in [-0.2, 0) is 4.79 Å². The minimum Gasteiger partial charge on any atom is -0.478 e. The summed E-state index contributed by atoms with van der Waals surface area (Å²) in [5.74, 6) is -1.16. The first-order chi connectivity index (χ1) is 9.61. The van der Waals surface area contributed by atoms with Crippen LogP contribution in [0.3, 0.4) is 0 Å². The third-order valence-corrected chi connectivity index (χ3v) is 3.59. The van der Waals surface area contributed by atoms with Crippen LogP contribution >= 0.6 is 0 Å². The van der Waals surface area contributed by atoms with E-state index >= 15 is 0 Å². The van der Waals surface area contributed by atoms with Crippen LogP contribution in [-0.4, -0.2) is 23.0 Å². The second-order valence-corrected chi connectivity index (χ2v) is 6.30. The zero-order valence-electron chi connectivity index (χ0n) is 13.2.